The fraction of sp³-hybridized carbons (Fsp3) is 0.440. The Kier molecular flexibility index (Phi) is 7.80. The maximum absolute atomic E-state index is 13.1. The first kappa shape index (κ1) is 24.8. The smallest absolute Gasteiger partial charge is 0.376 e. The molecular weight excluding hydrogens is 461 g/mol. The summed E-state index contributed by atoms with van der Waals surface area (Å²) in [6.45, 7) is 2.83. The van der Waals surface area contributed by atoms with E-state index in [9.17, 15) is 22.8 Å². The number of amides is 3. The molecule has 1 unspecified atom stereocenters. The van der Waals surface area contributed by atoms with Crippen molar-refractivity contribution in [1.29, 1.82) is 0 Å². The van der Waals surface area contributed by atoms with Crippen LogP contribution in [0, 0.1) is 0 Å². The molecule has 2 aliphatic rings. The highest BCUT2D eigenvalue weighted by Gasteiger charge is 2.30. The van der Waals surface area contributed by atoms with E-state index in [2.05, 4.69) is 20.9 Å². The van der Waals surface area contributed by atoms with Crippen LogP contribution < -0.4 is 20.9 Å². The maximum Gasteiger partial charge on any atom is 0.416 e. The lowest BCUT2D eigenvalue weighted by atomic mass is 10.1. The monoisotopic (exact) mass is 490 g/mol. The van der Waals surface area contributed by atoms with Gasteiger partial charge in [-0.25, -0.2) is 4.79 Å². The molecule has 1 atom stereocenters. The fourth-order valence-corrected chi connectivity index (χ4v) is 4.35. The summed E-state index contributed by atoms with van der Waals surface area (Å²) in [7, 11) is 0. The molecule has 0 bridgehead atoms. The summed E-state index contributed by atoms with van der Waals surface area (Å²) in [6, 6.07) is 8.71. The molecule has 2 aliphatic heterocycles. The molecule has 0 radical (unpaired) electrons. The second-order valence-corrected chi connectivity index (χ2v) is 8.78. The van der Waals surface area contributed by atoms with Crippen molar-refractivity contribution < 1.29 is 27.5 Å². The molecule has 3 N–H and O–H groups in total. The predicted octanol–water partition coefficient (Wildman–Crippen LogP) is 5.25. The van der Waals surface area contributed by atoms with Gasteiger partial charge in [-0.1, -0.05) is 0 Å². The topological polar surface area (TPSA) is 82.7 Å². The van der Waals surface area contributed by atoms with Gasteiger partial charge in [0.1, 0.15) is 0 Å². The molecule has 2 fully saturated rings. The number of hydrogen-bond acceptors (Lipinski definition) is 4. The van der Waals surface area contributed by atoms with Gasteiger partial charge in [-0.2, -0.15) is 13.2 Å². The van der Waals surface area contributed by atoms with Crippen LogP contribution in [0.3, 0.4) is 0 Å². The lowest BCUT2D eigenvalue weighted by Gasteiger charge is -2.30. The lowest BCUT2D eigenvalue weighted by Crippen LogP contribution is -2.35. The Morgan fingerprint density at radius 3 is 2.29 bits per heavy atom. The van der Waals surface area contributed by atoms with Crippen LogP contribution in [0.1, 0.15) is 48.0 Å². The van der Waals surface area contributed by atoms with Crippen molar-refractivity contribution in [2.75, 3.05) is 41.8 Å². The normalized spacial score (nSPS) is 18.3. The van der Waals surface area contributed by atoms with Gasteiger partial charge in [0.05, 0.1) is 17.2 Å². The van der Waals surface area contributed by atoms with Gasteiger partial charge in [0, 0.05) is 43.3 Å². The maximum atomic E-state index is 13.1. The van der Waals surface area contributed by atoms with Crippen molar-refractivity contribution in [1.82, 2.24) is 5.32 Å². The number of hydrogen-bond donors (Lipinski definition) is 3. The summed E-state index contributed by atoms with van der Waals surface area (Å²) in [6.07, 6.45) is 0.698. The number of urea groups is 1. The Balaban J connectivity index is 1.46. The van der Waals surface area contributed by atoms with Crippen LogP contribution >= 0.6 is 0 Å². The summed E-state index contributed by atoms with van der Waals surface area (Å²) in [5, 5.41) is 8.12. The molecule has 0 spiro atoms. The lowest BCUT2D eigenvalue weighted by molar-refractivity contribution is -0.137. The van der Waals surface area contributed by atoms with Gasteiger partial charge in [0.2, 0.25) is 0 Å². The van der Waals surface area contributed by atoms with Crippen LogP contribution in [-0.2, 0) is 10.9 Å². The van der Waals surface area contributed by atoms with E-state index in [1.807, 2.05) is 6.07 Å². The van der Waals surface area contributed by atoms with E-state index in [0.29, 0.717) is 24.4 Å². The van der Waals surface area contributed by atoms with Crippen LogP contribution in [0.15, 0.2) is 42.5 Å². The van der Waals surface area contributed by atoms with E-state index in [4.69, 9.17) is 4.74 Å². The van der Waals surface area contributed by atoms with Crippen LogP contribution in [0.25, 0.3) is 0 Å². The average Bonchev–Trinajstić information content (AvgIpc) is 3.36. The van der Waals surface area contributed by atoms with E-state index >= 15 is 0 Å². The van der Waals surface area contributed by atoms with E-state index in [-0.39, 0.29) is 17.7 Å². The highest BCUT2D eigenvalue weighted by Crippen LogP contribution is 2.30. The Labute approximate surface area is 202 Å². The standard InChI is InChI=1S/C25H29F3N4O3/c26-25(27,28)17-6-8-18(9-7-17)30-24(34)31-19-10-11-22(32-12-2-1-3-13-32)21(15-19)23(33)29-16-20-5-4-14-35-20/h6-11,15,20H,1-5,12-14,16H2,(H,29,33)(H2,30,31,34). The van der Waals surface area contributed by atoms with E-state index in [1.165, 1.54) is 12.1 Å². The van der Waals surface area contributed by atoms with Crippen molar-refractivity contribution in [2.24, 2.45) is 0 Å². The average molecular weight is 491 g/mol. The molecule has 4 rings (SSSR count). The third kappa shape index (κ3) is 6.66. The molecule has 2 aromatic carbocycles. The summed E-state index contributed by atoms with van der Waals surface area (Å²) in [4.78, 5) is 27.7. The van der Waals surface area contributed by atoms with Crippen molar-refractivity contribution in [3.8, 4) is 0 Å². The molecule has 7 nitrogen and oxygen atoms in total. The fourth-order valence-electron chi connectivity index (χ4n) is 4.35. The van der Waals surface area contributed by atoms with Gasteiger partial charge in [0.15, 0.2) is 0 Å². The molecule has 2 heterocycles. The first-order chi connectivity index (χ1) is 16.8. The molecular formula is C25H29F3N4O3. The minimum absolute atomic E-state index is 0.00760. The molecule has 0 aliphatic carbocycles. The third-order valence-electron chi connectivity index (χ3n) is 6.18. The summed E-state index contributed by atoms with van der Waals surface area (Å²) in [5.41, 5.74) is 1.09. The van der Waals surface area contributed by atoms with Crippen LogP contribution in [-0.4, -0.2) is 44.3 Å². The minimum Gasteiger partial charge on any atom is -0.376 e. The van der Waals surface area contributed by atoms with E-state index < -0.39 is 17.8 Å². The van der Waals surface area contributed by atoms with Gasteiger partial charge in [-0.05, 0) is 74.6 Å². The summed E-state index contributed by atoms with van der Waals surface area (Å²) in [5.74, 6) is -0.243. The van der Waals surface area contributed by atoms with Gasteiger partial charge >= 0.3 is 12.2 Å². The number of halogens is 3. The van der Waals surface area contributed by atoms with Crippen molar-refractivity contribution in [3.05, 3.63) is 53.6 Å². The number of ether oxygens (including phenoxy) is 1. The number of nitrogens with one attached hydrogen (secondary N) is 3. The second-order valence-electron chi connectivity index (χ2n) is 8.78. The Bertz CT molecular complexity index is 1030. The molecule has 2 saturated heterocycles. The highest BCUT2D eigenvalue weighted by molar-refractivity contribution is 6.04. The van der Waals surface area contributed by atoms with Gasteiger partial charge in [0.25, 0.3) is 5.91 Å². The number of benzene rings is 2. The van der Waals surface area contributed by atoms with Crippen molar-refractivity contribution >= 4 is 29.0 Å². The SMILES string of the molecule is O=C(Nc1ccc(C(F)(F)F)cc1)Nc1ccc(N2CCCCC2)c(C(=O)NCC2CCCO2)c1. The van der Waals surface area contributed by atoms with Gasteiger partial charge < -0.3 is 25.6 Å². The van der Waals surface area contributed by atoms with Crippen LogP contribution in [0.4, 0.5) is 35.0 Å². The molecule has 10 heteroatoms. The van der Waals surface area contributed by atoms with Crippen molar-refractivity contribution in [3.63, 3.8) is 0 Å². The Hall–Kier alpha value is -3.27. The first-order valence-corrected chi connectivity index (χ1v) is 11.8. The Morgan fingerprint density at radius 1 is 0.943 bits per heavy atom. The van der Waals surface area contributed by atoms with E-state index in [1.54, 1.807) is 12.1 Å². The third-order valence-corrected chi connectivity index (χ3v) is 6.18. The number of piperidine rings is 1. The molecule has 2 aromatic rings. The van der Waals surface area contributed by atoms with Crippen molar-refractivity contribution in [2.45, 2.75) is 44.4 Å². The summed E-state index contributed by atoms with van der Waals surface area (Å²) < 4.78 is 43.8. The van der Waals surface area contributed by atoms with Crippen LogP contribution in [0.2, 0.25) is 0 Å². The molecule has 0 saturated carbocycles. The van der Waals surface area contributed by atoms with Gasteiger partial charge in [-0.3, -0.25) is 4.79 Å². The quantitative estimate of drug-likeness (QED) is 0.517. The number of nitrogens with zero attached hydrogens (tertiary/aromatic N) is 1. The number of alkyl halides is 3. The number of anilines is 3. The minimum atomic E-state index is -4.45. The first-order valence-electron chi connectivity index (χ1n) is 11.8. The number of rotatable bonds is 6. The number of carbonyl (C=O) groups excluding carboxylic acids is 2. The zero-order valence-electron chi connectivity index (χ0n) is 19.3. The van der Waals surface area contributed by atoms with E-state index in [0.717, 1.165) is 63.0 Å². The van der Waals surface area contributed by atoms with Crippen LogP contribution in [0.5, 0.6) is 0 Å². The molecule has 188 valence electrons. The van der Waals surface area contributed by atoms with Gasteiger partial charge in [-0.15, -0.1) is 0 Å². The zero-order valence-corrected chi connectivity index (χ0v) is 19.3. The Morgan fingerprint density at radius 2 is 1.63 bits per heavy atom. The number of carbonyl (C=O) groups is 2. The highest BCUT2D eigenvalue weighted by atomic mass is 19.4. The molecule has 3 amide bonds. The second kappa shape index (κ2) is 11.0. The molecule has 35 heavy (non-hydrogen) atoms. The zero-order chi connectivity index (χ0) is 24.8. The predicted molar refractivity (Wildman–Crippen MR) is 128 cm³/mol. The largest absolute Gasteiger partial charge is 0.416 e. The molecule has 0 aromatic heterocycles. The summed E-state index contributed by atoms with van der Waals surface area (Å²) >= 11 is 0.